The highest BCUT2D eigenvalue weighted by molar-refractivity contribution is 7.89. The normalized spacial score (nSPS) is 16.7. The Morgan fingerprint density at radius 2 is 1.89 bits per heavy atom. The topological polar surface area (TPSA) is 86.1 Å². The number of aryl methyl sites for hydroxylation is 1. The molecule has 1 atom stereocenters. The van der Waals surface area contributed by atoms with Gasteiger partial charge in [-0.05, 0) is 42.7 Å². The minimum absolute atomic E-state index is 0.200. The first-order valence-electron chi connectivity index (χ1n) is 8.79. The van der Waals surface area contributed by atoms with Crippen molar-refractivity contribution >= 4 is 10.0 Å². The molecule has 1 aliphatic rings. The smallest absolute Gasteiger partial charge is 0.241 e. The number of rotatable bonds is 6. The average Bonchev–Trinajstić information content (AvgIpc) is 3.17. The molecule has 0 radical (unpaired) electrons. The van der Waals surface area contributed by atoms with Gasteiger partial charge in [-0.15, -0.1) is 0 Å². The Balaban J connectivity index is 1.44. The SMILES string of the molecule is O=S(=O)(NC1CCCn2ncnc21)c1ccc(OCc2ccccc2)cc1. The zero-order valence-corrected chi connectivity index (χ0v) is 15.5. The van der Waals surface area contributed by atoms with Crippen molar-refractivity contribution < 1.29 is 13.2 Å². The van der Waals surface area contributed by atoms with Crippen LogP contribution in [0.2, 0.25) is 0 Å². The van der Waals surface area contributed by atoms with Crippen molar-refractivity contribution in [3.63, 3.8) is 0 Å². The first-order valence-corrected chi connectivity index (χ1v) is 10.3. The summed E-state index contributed by atoms with van der Waals surface area (Å²) in [4.78, 5) is 4.39. The van der Waals surface area contributed by atoms with Crippen LogP contribution in [0.5, 0.6) is 5.75 Å². The molecular weight excluding hydrogens is 364 g/mol. The number of nitrogens with zero attached hydrogens (tertiary/aromatic N) is 3. The fourth-order valence-corrected chi connectivity index (χ4v) is 4.34. The maximum atomic E-state index is 12.7. The lowest BCUT2D eigenvalue weighted by Gasteiger charge is -2.23. The van der Waals surface area contributed by atoms with Crippen LogP contribution in [0.3, 0.4) is 0 Å². The maximum Gasteiger partial charge on any atom is 0.241 e. The Hall–Kier alpha value is -2.71. The van der Waals surface area contributed by atoms with E-state index in [1.54, 1.807) is 28.9 Å². The van der Waals surface area contributed by atoms with E-state index < -0.39 is 10.0 Å². The lowest BCUT2D eigenvalue weighted by atomic mass is 10.1. The van der Waals surface area contributed by atoms with E-state index in [0.29, 0.717) is 24.6 Å². The van der Waals surface area contributed by atoms with Crippen LogP contribution < -0.4 is 9.46 Å². The molecule has 7 nitrogen and oxygen atoms in total. The molecule has 2 aromatic carbocycles. The quantitative estimate of drug-likeness (QED) is 0.706. The highest BCUT2D eigenvalue weighted by Crippen LogP contribution is 2.25. The number of nitrogens with one attached hydrogen (secondary N) is 1. The van der Waals surface area contributed by atoms with Gasteiger partial charge in [0.2, 0.25) is 10.0 Å². The molecule has 0 aliphatic carbocycles. The average molecular weight is 384 g/mol. The van der Waals surface area contributed by atoms with Gasteiger partial charge < -0.3 is 4.74 Å². The molecule has 1 aliphatic heterocycles. The van der Waals surface area contributed by atoms with E-state index in [9.17, 15) is 8.42 Å². The molecule has 2 heterocycles. The third kappa shape index (κ3) is 4.01. The number of aromatic nitrogens is 3. The van der Waals surface area contributed by atoms with Gasteiger partial charge in [0.1, 0.15) is 24.5 Å². The molecule has 27 heavy (non-hydrogen) atoms. The molecule has 140 valence electrons. The summed E-state index contributed by atoms with van der Waals surface area (Å²) in [6.07, 6.45) is 3.02. The molecule has 0 spiro atoms. The summed E-state index contributed by atoms with van der Waals surface area (Å²) < 4.78 is 35.6. The number of sulfonamides is 1. The van der Waals surface area contributed by atoms with Crippen molar-refractivity contribution in [2.75, 3.05) is 0 Å². The van der Waals surface area contributed by atoms with Crippen molar-refractivity contribution in [3.8, 4) is 5.75 Å². The van der Waals surface area contributed by atoms with Crippen LogP contribution >= 0.6 is 0 Å². The van der Waals surface area contributed by atoms with E-state index in [0.717, 1.165) is 18.5 Å². The fraction of sp³-hybridized carbons (Fsp3) is 0.263. The predicted octanol–water partition coefficient (Wildman–Crippen LogP) is 2.67. The van der Waals surface area contributed by atoms with E-state index >= 15 is 0 Å². The molecule has 4 rings (SSSR count). The molecule has 1 N–H and O–H groups in total. The minimum atomic E-state index is -3.65. The van der Waals surface area contributed by atoms with Gasteiger partial charge in [0.15, 0.2) is 0 Å². The molecule has 1 aromatic heterocycles. The minimum Gasteiger partial charge on any atom is -0.489 e. The molecule has 3 aromatic rings. The fourth-order valence-electron chi connectivity index (χ4n) is 3.11. The molecule has 0 amide bonds. The van der Waals surface area contributed by atoms with Crippen LogP contribution in [0.15, 0.2) is 65.8 Å². The number of ether oxygens (including phenoxy) is 1. The highest BCUT2D eigenvalue weighted by atomic mass is 32.2. The number of fused-ring (bicyclic) bond motifs is 1. The van der Waals surface area contributed by atoms with Gasteiger partial charge in [0, 0.05) is 6.54 Å². The first kappa shape index (κ1) is 17.7. The van der Waals surface area contributed by atoms with E-state index in [1.807, 2.05) is 30.3 Å². The van der Waals surface area contributed by atoms with Gasteiger partial charge in [-0.25, -0.2) is 22.8 Å². The van der Waals surface area contributed by atoms with Gasteiger partial charge in [-0.2, -0.15) is 5.10 Å². The summed E-state index contributed by atoms with van der Waals surface area (Å²) in [5, 5.41) is 4.12. The summed E-state index contributed by atoms with van der Waals surface area (Å²) in [5.41, 5.74) is 1.05. The Morgan fingerprint density at radius 1 is 1.11 bits per heavy atom. The third-order valence-electron chi connectivity index (χ3n) is 4.50. The number of benzene rings is 2. The van der Waals surface area contributed by atoms with Crippen LogP contribution in [-0.2, 0) is 23.2 Å². The van der Waals surface area contributed by atoms with Crippen LogP contribution in [-0.4, -0.2) is 23.2 Å². The van der Waals surface area contributed by atoms with Crippen LogP contribution in [0.25, 0.3) is 0 Å². The number of hydrogen-bond acceptors (Lipinski definition) is 5. The molecule has 8 heteroatoms. The summed E-state index contributed by atoms with van der Waals surface area (Å²) >= 11 is 0. The first-order chi connectivity index (χ1) is 13.1. The summed E-state index contributed by atoms with van der Waals surface area (Å²) in [7, 11) is -3.65. The lowest BCUT2D eigenvalue weighted by molar-refractivity contribution is 0.306. The second-order valence-corrected chi connectivity index (χ2v) is 8.12. The summed E-state index contributed by atoms with van der Waals surface area (Å²) in [6.45, 7) is 1.20. The monoisotopic (exact) mass is 384 g/mol. The van der Waals surface area contributed by atoms with Gasteiger partial charge in [-0.3, -0.25) is 0 Å². The molecule has 0 saturated heterocycles. The van der Waals surface area contributed by atoms with Gasteiger partial charge in [0.05, 0.1) is 10.9 Å². The second-order valence-electron chi connectivity index (χ2n) is 6.40. The molecule has 0 fully saturated rings. The summed E-state index contributed by atoms with van der Waals surface area (Å²) in [5.74, 6) is 1.28. The van der Waals surface area contributed by atoms with Gasteiger partial charge in [-0.1, -0.05) is 30.3 Å². The third-order valence-corrected chi connectivity index (χ3v) is 5.99. The van der Waals surface area contributed by atoms with Gasteiger partial charge in [0.25, 0.3) is 0 Å². The van der Waals surface area contributed by atoms with E-state index in [1.165, 1.54) is 6.33 Å². The molecular formula is C19H20N4O3S. The van der Waals surface area contributed by atoms with Crippen LogP contribution in [0.4, 0.5) is 0 Å². The Labute approximate surface area is 158 Å². The Morgan fingerprint density at radius 3 is 2.67 bits per heavy atom. The van der Waals surface area contributed by atoms with Crippen LogP contribution in [0, 0.1) is 0 Å². The van der Waals surface area contributed by atoms with Crippen molar-refractivity contribution in [1.29, 1.82) is 0 Å². The standard InChI is InChI=1S/C19H20N4O3S/c24-27(25,22-18-7-4-12-23-19(18)20-14-21-23)17-10-8-16(9-11-17)26-13-15-5-2-1-3-6-15/h1-3,5-6,8-11,14,18,22H,4,7,12-13H2. The van der Waals surface area contributed by atoms with Gasteiger partial charge >= 0.3 is 0 Å². The zero-order chi connectivity index (χ0) is 18.7. The number of hydrogen-bond donors (Lipinski definition) is 1. The van der Waals surface area contributed by atoms with Crippen molar-refractivity contribution in [3.05, 3.63) is 72.3 Å². The van der Waals surface area contributed by atoms with E-state index in [4.69, 9.17) is 4.74 Å². The van der Waals surface area contributed by atoms with Crippen molar-refractivity contribution in [2.24, 2.45) is 0 Å². The van der Waals surface area contributed by atoms with Crippen molar-refractivity contribution in [2.45, 2.75) is 36.9 Å². The maximum absolute atomic E-state index is 12.7. The molecule has 1 unspecified atom stereocenters. The molecule has 0 saturated carbocycles. The van der Waals surface area contributed by atoms with E-state index in [2.05, 4.69) is 14.8 Å². The Kier molecular flexibility index (Phi) is 4.91. The predicted molar refractivity (Wildman–Crippen MR) is 99.5 cm³/mol. The Bertz CT molecular complexity index is 1000. The summed E-state index contributed by atoms with van der Waals surface area (Å²) in [6, 6.07) is 15.9. The highest BCUT2D eigenvalue weighted by Gasteiger charge is 2.27. The largest absolute Gasteiger partial charge is 0.489 e. The zero-order valence-electron chi connectivity index (χ0n) is 14.7. The molecule has 0 bridgehead atoms. The van der Waals surface area contributed by atoms with Crippen LogP contribution in [0.1, 0.15) is 30.3 Å². The second kappa shape index (κ2) is 7.50. The van der Waals surface area contributed by atoms with Crippen molar-refractivity contribution in [1.82, 2.24) is 19.5 Å². The van der Waals surface area contributed by atoms with E-state index in [-0.39, 0.29) is 10.9 Å². The lowest BCUT2D eigenvalue weighted by Crippen LogP contribution is -2.33.